The molecule has 0 unspecified atom stereocenters. The Balaban J connectivity index is 0.988. The molecule has 2 saturated heterocycles. The minimum absolute atomic E-state index is 0.430. The molecule has 0 saturated carbocycles. The van der Waals surface area contributed by atoms with E-state index in [1.54, 1.807) is 0 Å². The highest BCUT2D eigenvalue weighted by Crippen LogP contribution is 2.45. The molecule has 2 aliphatic carbocycles. The lowest BCUT2D eigenvalue weighted by Crippen LogP contribution is -2.41. The number of rotatable bonds is 10. The summed E-state index contributed by atoms with van der Waals surface area (Å²) in [4.78, 5) is 4.87. The molecule has 13 rings (SSSR count). The summed E-state index contributed by atoms with van der Waals surface area (Å²) in [5.74, 6) is 0. The van der Waals surface area contributed by atoms with Crippen LogP contribution in [0, 0.1) is 0 Å². The fraction of sp³-hybridized carbons (Fsp3) is 0.294. The summed E-state index contributed by atoms with van der Waals surface area (Å²) in [7, 11) is -0.894. The second-order valence-electron chi connectivity index (χ2n) is 24.0. The van der Waals surface area contributed by atoms with Gasteiger partial charge in [-0.1, -0.05) is 78.9 Å². The molecular formula is C68H69B2N3O4. The van der Waals surface area contributed by atoms with Crippen molar-refractivity contribution in [3.8, 4) is 16.8 Å². The lowest BCUT2D eigenvalue weighted by Gasteiger charge is -2.32. The van der Waals surface area contributed by atoms with Crippen LogP contribution in [-0.2, 0) is 44.3 Å². The molecule has 2 fully saturated rings. The predicted octanol–water partition coefficient (Wildman–Crippen LogP) is 15.7. The average molecular weight is 1010 g/mol. The molecule has 77 heavy (non-hydrogen) atoms. The van der Waals surface area contributed by atoms with Crippen LogP contribution in [0.25, 0.3) is 38.6 Å². The Bertz CT molecular complexity index is 3460. The maximum Gasteiger partial charge on any atom is 0.494 e. The Kier molecular flexibility index (Phi) is 12.2. The zero-order valence-electron chi connectivity index (χ0n) is 46.0. The topological polar surface area (TPSA) is 48.3 Å². The van der Waals surface area contributed by atoms with Gasteiger partial charge in [-0.3, -0.25) is 0 Å². The van der Waals surface area contributed by atoms with Gasteiger partial charge < -0.3 is 33.0 Å². The summed E-state index contributed by atoms with van der Waals surface area (Å²) in [6.45, 7) is 16.9. The van der Waals surface area contributed by atoms with E-state index < -0.39 is 36.6 Å². The molecule has 0 spiro atoms. The van der Waals surface area contributed by atoms with Gasteiger partial charge in [-0.15, -0.1) is 0 Å². The molecule has 1 aromatic heterocycles. The molecule has 3 heterocycles. The fourth-order valence-corrected chi connectivity index (χ4v) is 12.1. The van der Waals surface area contributed by atoms with Gasteiger partial charge in [0, 0.05) is 50.6 Å². The molecular weight excluding hydrogens is 944 g/mol. The Hall–Kier alpha value is -6.87. The Morgan fingerprint density at radius 2 is 0.727 bits per heavy atom. The molecule has 0 bridgehead atoms. The minimum atomic E-state index is -0.447. The van der Waals surface area contributed by atoms with Crippen molar-refractivity contribution in [1.82, 2.24) is 4.57 Å². The highest BCUT2D eigenvalue weighted by Gasteiger charge is 2.53. The Labute approximate surface area is 456 Å². The van der Waals surface area contributed by atoms with E-state index in [1.807, 2.05) is 0 Å². The molecule has 7 nitrogen and oxygen atoms in total. The van der Waals surface area contributed by atoms with E-state index in [-0.39, 0.29) is 0 Å². The summed E-state index contributed by atoms with van der Waals surface area (Å²) in [5.41, 5.74) is 18.5. The molecule has 2 aliphatic heterocycles. The van der Waals surface area contributed by atoms with Crippen LogP contribution in [-0.4, -0.2) is 41.2 Å². The number of aromatic nitrogens is 1. The molecule has 0 amide bonds. The first-order valence-electron chi connectivity index (χ1n) is 28.1. The lowest BCUT2D eigenvalue weighted by molar-refractivity contribution is 0.00578. The Morgan fingerprint density at radius 3 is 1.17 bits per heavy atom. The normalized spacial score (nSPS) is 18.1. The summed E-state index contributed by atoms with van der Waals surface area (Å²) < 4.78 is 28.6. The highest BCUT2D eigenvalue weighted by atomic mass is 16.7. The lowest BCUT2D eigenvalue weighted by atomic mass is 9.79. The van der Waals surface area contributed by atoms with Crippen molar-refractivity contribution in [2.75, 3.05) is 9.80 Å². The van der Waals surface area contributed by atoms with Gasteiger partial charge >= 0.3 is 14.2 Å². The van der Waals surface area contributed by atoms with Crippen molar-refractivity contribution in [2.45, 2.75) is 129 Å². The number of benzene rings is 8. The second kappa shape index (κ2) is 18.9. The van der Waals surface area contributed by atoms with Crippen LogP contribution >= 0.6 is 0 Å². The van der Waals surface area contributed by atoms with Crippen molar-refractivity contribution in [3.05, 3.63) is 198 Å². The van der Waals surface area contributed by atoms with Crippen molar-refractivity contribution in [1.29, 1.82) is 0 Å². The number of nitrogens with zero attached hydrogens (tertiary/aromatic N) is 3. The van der Waals surface area contributed by atoms with E-state index in [2.05, 4.69) is 246 Å². The molecule has 9 heteroatoms. The molecule has 0 radical (unpaired) electrons. The van der Waals surface area contributed by atoms with Gasteiger partial charge in [-0.05, 0) is 248 Å². The number of hydrogen-bond donors (Lipinski definition) is 0. The van der Waals surface area contributed by atoms with E-state index in [1.165, 1.54) is 69.8 Å². The van der Waals surface area contributed by atoms with E-state index in [9.17, 15) is 0 Å². The summed E-state index contributed by atoms with van der Waals surface area (Å²) in [5, 5.41) is 2.34. The third-order valence-electron chi connectivity index (χ3n) is 18.0. The van der Waals surface area contributed by atoms with Gasteiger partial charge in [0.1, 0.15) is 0 Å². The van der Waals surface area contributed by atoms with Crippen LogP contribution < -0.4 is 20.7 Å². The van der Waals surface area contributed by atoms with E-state index in [0.717, 1.165) is 87.5 Å². The Morgan fingerprint density at radius 1 is 0.351 bits per heavy atom. The number of hydrogen-bond acceptors (Lipinski definition) is 6. The quantitative estimate of drug-likeness (QED) is 0.127. The van der Waals surface area contributed by atoms with Crippen LogP contribution in [0.2, 0.25) is 0 Å². The van der Waals surface area contributed by atoms with E-state index in [4.69, 9.17) is 18.6 Å². The average Bonchev–Trinajstić information content (AvgIpc) is 3.98. The maximum atomic E-state index is 6.54. The third-order valence-corrected chi connectivity index (χ3v) is 18.0. The van der Waals surface area contributed by atoms with Gasteiger partial charge in [-0.2, -0.15) is 0 Å². The van der Waals surface area contributed by atoms with Crippen LogP contribution in [0.1, 0.15) is 103 Å². The molecule has 4 aliphatic rings. The van der Waals surface area contributed by atoms with Gasteiger partial charge in [-0.25, -0.2) is 0 Å². The monoisotopic (exact) mass is 1010 g/mol. The summed E-state index contributed by atoms with van der Waals surface area (Å²) >= 11 is 0. The second-order valence-corrected chi connectivity index (χ2v) is 24.0. The zero-order valence-corrected chi connectivity index (χ0v) is 46.0. The smallest absolute Gasteiger partial charge is 0.399 e. The zero-order chi connectivity index (χ0) is 52.8. The minimum Gasteiger partial charge on any atom is -0.399 e. The van der Waals surface area contributed by atoms with Crippen molar-refractivity contribution >= 4 is 81.1 Å². The summed E-state index contributed by atoms with van der Waals surface area (Å²) in [6.07, 6.45) is 9.35. The number of fused-ring (bicyclic) bond motifs is 5. The van der Waals surface area contributed by atoms with Gasteiger partial charge in [0.05, 0.1) is 33.4 Å². The van der Waals surface area contributed by atoms with Gasteiger partial charge in [0.2, 0.25) is 0 Å². The number of anilines is 6. The van der Waals surface area contributed by atoms with Gasteiger partial charge in [0.25, 0.3) is 0 Å². The van der Waals surface area contributed by atoms with Crippen LogP contribution in [0.5, 0.6) is 0 Å². The van der Waals surface area contributed by atoms with Crippen LogP contribution in [0.3, 0.4) is 0 Å². The first-order chi connectivity index (χ1) is 37.1. The molecule has 9 aromatic rings. The fourth-order valence-electron chi connectivity index (χ4n) is 12.1. The van der Waals surface area contributed by atoms with Crippen LogP contribution in [0.15, 0.2) is 176 Å². The van der Waals surface area contributed by atoms with Crippen molar-refractivity contribution in [2.24, 2.45) is 0 Å². The van der Waals surface area contributed by atoms with Gasteiger partial charge in [0.15, 0.2) is 0 Å². The standard InChI is InChI=1S/C68H69B2N3O4/c1-65(2)66(3,4)75-69(74-65)52-27-33-54(34-28-52)71(57-31-25-47-19-12-14-21-49(47)42-57)59-37-39-63-61(44-59)62-45-60(38-40-64(62)73(63)56-24-16-23-51(41-56)46-17-10-9-11-18-46)72(58-32-26-48-20-13-15-22-50(48)43-58)55-35-29-53(30-36-55)70-76-67(5,6)68(7,8)77-70/h9-11,16-18,23-45H,12-15,19-22H2,1-8H3. The predicted molar refractivity (Wildman–Crippen MR) is 320 cm³/mol. The molecule has 386 valence electrons. The highest BCUT2D eigenvalue weighted by molar-refractivity contribution is 6.62. The first-order valence-corrected chi connectivity index (χ1v) is 28.1. The summed E-state index contributed by atoms with van der Waals surface area (Å²) in [6, 6.07) is 65.7. The van der Waals surface area contributed by atoms with Crippen LogP contribution in [0.4, 0.5) is 34.1 Å². The first kappa shape index (κ1) is 49.7. The SMILES string of the molecule is CC1(C)OB(c2ccc(N(c3ccc4c(c3)CCCC4)c3ccc4c(c3)c3cc(N(c5ccc(B6OC(C)(C)C(C)(C)O6)cc5)c5ccc6c(c5)CCCC6)ccc3n4-c3cccc(-c4ccccc4)c3)cc2)OC1(C)C. The largest absolute Gasteiger partial charge is 0.494 e. The van der Waals surface area contributed by atoms with E-state index >= 15 is 0 Å². The molecule has 8 aromatic carbocycles. The van der Waals surface area contributed by atoms with E-state index in [0.29, 0.717) is 0 Å². The third kappa shape index (κ3) is 8.90. The maximum absolute atomic E-state index is 6.54. The number of aryl methyl sites for hydroxylation is 4. The molecule has 0 atom stereocenters. The van der Waals surface area contributed by atoms with Crippen molar-refractivity contribution in [3.63, 3.8) is 0 Å². The van der Waals surface area contributed by atoms with Crippen molar-refractivity contribution < 1.29 is 18.6 Å². The molecule has 0 N–H and O–H groups in total.